The molecular formula is C59H38. The summed E-state index contributed by atoms with van der Waals surface area (Å²) < 4.78 is 21.2. The molecule has 0 aromatic heterocycles. The van der Waals surface area contributed by atoms with Crippen LogP contribution in [0.5, 0.6) is 0 Å². The summed E-state index contributed by atoms with van der Waals surface area (Å²) in [7, 11) is 0. The third kappa shape index (κ3) is 4.55. The Morgan fingerprint density at radius 2 is 0.814 bits per heavy atom. The Labute approximate surface area is 346 Å². The summed E-state index contributed by atoms with van der Waals surface area (Å²) in [6.45, 7) is 4.64. The average molecular weight is 749 g/mol. The molecule has 0 radical (unpaired) electrons. The molecule has 274 valence electrons. The van der Waals surface area contributed by atoms with Gasteiger partial charge in [0.2, 0.25) is 0 Å². The molecule has 0 heteroatoms. The van der Waals surface area contributed by atoms with Crippen LogP contribution in [0.4, 0.5) is 0 Å². The first-order chi connectivity index (χ1) is 29.9. The Kier molecular flexibility index (Phi) is 6.20. The monoisotopic (exact) mass is 748 g/mol. The van der Waals surface area contributed by atoms with E-state index in [0.717, 1.165) is 55.1 Å². The molecule has 0 saturated carbocycles. The van der Waals surface area contributed by atoms with Crippen LogP contribution in [0.3, 0.4) is 0 Å². The lowest BCUT2D eigenvalue weighted by Crippen LogP contribution is -2.14. The minimum atomic E-state index is -0.226. The molecule has 0 N–H and O–H groups in total. The lowest BCUT2D eigenvalue weighted by molar-refractivity contribution is 0.660. The zero-order chi connectivity index (χ0) is 40.7. The van der Waals surface area contributed by atoms with Crippen LogP contribution in [0.25, 0.3) is 120 Å². The van der Waals surface area contributed by atoms with E-state index in [4.69, 9.17) is 0 Å². The van der Waals surface area contributed by atoms with Gasteiger partial charge in [0.25, 0.3) is 0 Å². The van der Waals surface area contributed by atoms with E-state index >= 15 is 0 Å². The maximum Gasteiger partial charge on any atom is 0.0636 e. The fourth-order valence-corrected chi connectivity index (χ4v) is 10.7. The summed E-state index contributed by atoms with van der Waals surface area (Å²) in [4.78, 5) is 0. The highest BCUT2D eigenvalue weighted by Crippen LogP contribution is 2.52. The summed E-state index contributed by atoms with van der Waals surface area (Å²) in [6.07, 6.45) is 0. The maximum atomic E-state index is 10.6. The average Bonchev–Trinajstić information content (AvgIpc) is 3.53. The zero-order valence-electron chi connectivity index (χ0n) is 34.8. The molecular weight excluding hydrogens is 709 g/mol. The molecule has 0 aliphatic heterocycles. The van der Waals surface area contributed by atoms with Crippen LogP contribution in [0.2, 0.25) is 0 Å². The van der Waals surface area contributed by atoms with Crippen LogP contribution < -0.4 is 0 Å². The summed E-state index contributed by atoms with van der Waals surface area (Å²) in [5.41, 5.74) is 12.0. The molecule has 59 heavy (non-hydrogen) atoms. The van der Waals surface area contributed by atoms with Gasteiger partial charge in [-0.1, -0.05) is 190 Å². The van der Waals surface area contributed by atoms with E-state index in [9.17, 15) is 2.74 Å². The highest BCUT2D eigenvalue weighted by molar-refractivity contribution is 6.27. The SMILES string of the molecule is [2H]c1c(-c2ccc3ccc4cccc5ccc2c3c45)c([2H])c(-c2ccc3ccc4cccc5ccc2c3c45)c(-c2ccccc2)c1-c1ccc2c(c1)C(C)(C)c1ccccc1-2. The molecule has 0 fully saturated rings. The van der Waals surface area contributed by atoms with E-state index in [1.165, 1.54) is 70.7 Å². The molecule has 0 spiro atoms. The second kappa shape index (κ2) is 11.9. The normalized spacial score (nSPS) is 13.9. The second-order valence-corrected chi connectivity index (χ2v) is 17.0. The predicted molar refractivity (Wildman–Crippen MR) is 253 cm³/mol. The molecule has 0 saturated heterocycles. The van der Waals surface area contributed by atoms with E-state index < -0.39 is 0 Å². The van der Waals surface area contributed by atoms with E-state index in [1.807, 2.05) is 0 Å². The van der Waals surface area contributed by atoms with Gasteiger partial charge in [-0.25, -0.2) is 0 Å². The maximum absolute atomic E-state index is 10.6. The van der Waals surface area contributed by atoms with Gasteiger partial charge in [-0.2, -0.15) is 0 Å². The van der Waals surface area contributed by atoms with Crippen LogP contribution in [0.1, 0.15) is 27.7 Å². The van der Waals surface area contributed by atoms with Crippen molar-refractivity contribution in [2.24, 2.45) is 0 Å². The zero-order valence-corrected chi connectivity index (χ0v) is 32.8. The van der Waals surface area contributed by atoms with E-state index in [2.05, 4.69) is 196 Å². The minimum Gasteiger partial charge on any atom is -0.0622 e. The number of benzene rings is 12. The summed E-state index contributed by atoms with van der Waals surface area (Å²) in [5.74, 6) is 0. The van der Waals surface area contributed by atoms with Gasteiger partial charge in [-0.15, -0.1) is 0 Å². The minimum absolute atomic E-state index is 0.226. The van der Waals surface area contributed by atoms with Crippen LogP contribution in [-0.2, 0) is 5.41 Å². The fraction of sp³-hybridized carbons (Fsp3) is 0.0508. The molecule has 0 amide bonds. The Morgan fingerprint density at radius 3 is 1.47 bits per heavy atom. The van der Waals surface area contributed by atoms with Crippen LogP contribution >= 0.6 is 0 Å². The number of fused-ring (bicyclic) bond motifs is 3. The van der Waals surface area contributed by atoms with Crippen molar-refractivity contribution >= 4 is 64.6 Å². The smallest absolute Gasteiger partial charge is 0.0622 e. The van der Waals surface area contributed by atoms with E-state index in [1.54, 1.807) is 0 Å². The number of rotatable bonds is 4. The third-order valence-electron chi connectivity index (χ3n) is 13.5. The van der Waals surface area contributed by atoms with Gasteiger partial charge in [0.15, 0.2) is 0 Å². The molecule has 12 aromatic carbocycles. The standard InChI is InChI=1S/C59H38/c1-59(2)52-17-7-6-16-46(52)47-29-26-42(34-53(47)59)50-32-43(44-27-22-40-20-18-36-12-8-14-38-24-30-48(44)57(40)54(36)38)33-51(56(50)35-10-4-3-5-11-35)45-28-23-41-21-19-37-13-9-15-39-25-31-49(45)58(41)55(37)39/h3-34H,1-2H3/i32D,33D. The quantitative estimate of drug-likeness (QED) is 0.157. The molecule has 1 aliphatic carbocycles. The van der Waals surface area contributed by atoms with E-state index in [-0.39, 0.29) is 5.41 Å². The Hall–Kier alpha value is -7.28. The van der Waals surface area contributed by atoms with Gasteiger partial charge >= 0.3 is 0 Å². The first-order valence-electron chi connectivity index (χ1n) is 21.7. The van der Waals surface area contributed by atoms with Gasteiger partial charge in [-0.3, -0.25) is 0 Å². The van der Waals surface area contributed by atoms with Gasteiger partial charge in [0, 0.05) is 5.41 Å². The number of hydrogen-bond donors (Lipinski definition) is 0. The van der Waals surface area contributed by atoms with Crippen molar-refractivity contribution in [3.05, 3.63) is 205 Å². The molecule has 13 rings (SSSR count). The molecule has 0 bridgehead atoms. The first kappa shape index (κ1) is 30.8. The van der Waals surface area contributed by atoms with Crippen molar-refractivity contribution in [1.29, 1.82) is 0 Å². The Morgan fingerprint density at radius 1 is 0.322 bits per heavy atom. The first-order valence-corrected chi connectivity index (χ1v) is 20.7. The topological polar surface area (TPSA) is 0 Å². The molecule has 0 nitrogen and oxygen atoms in total. The van der Waals surface area contributed by atoms with Crippen molar-refractivity contribution in [2.75, 3.05) is 0 Å². The Bertz CT molecular complexity index is 3770. The van der Waals surface area contributed by atoms with Crippen LogP contribution in [0.15, 0.2) is 194 Å². The molecule has 1 aliphatic rings. The fourth-order valence-electron chi connectivity index (χ4n) is 10.7. The summed E-state index contributed by atoms with van der Waals surface area (Å²) in [5, 5.41) is 14.2. The highest BCUT2D eigenvalue weighted by atomic mass is 14.4. The van der Waals surface area contributed by atoms with Gasteiger partial charge in [0.05, 0.1) is 2.74 Å². The van der Waals surface area contributed by atoms with Crippen molar-refractivity contribution < 1.29 is 2.74 Å². The summed E-state index contributed by atoms with van der Waals surface area (Å²) in [6, 6.07) is 66.5. The van der Waals surface area contributed by atoms with Gasteiger partial charge in [-0.05, 0) is 150 Å². The lowest BCUT2D eigenvalue weighted by atomic mass is 9.79. The third-order valence-corrected chi connectivity index (χ3v) is 13.5. The largest absolute Gasteiger partial charge is 0.0636 e. The van der Waals surface area contributed by atoms with Crippen molar-refractivity contribution in [2.45, 2.75) is 19.3 Å². The van der Waals surface area contributed by atoms with Crippen LogP contribution in [-0.4, -0.2) is 0 Å². The van der Waals surface area contributed by atoms with E-state index in [0.29, 0.717) is 17.6 Å². The van der Waals surface area contributed by atoms with Gasteiger partial charge < -0.3 is 0 Å². The highest BCUT2D eigenvalue weighted by Gasteiger charge is 2.35. The second-order valence-electron chi connectivity index (χ2n) is 17.0. The molecule has 0 unspecified atom stereocenters. The molecule has 0 atom stereocenters. The van der Waals surface area contributed by atoms with Gasteiger partial charge in [0.1, 0.15) is 0 Å². The summed E-state index contributed by atoms with van der Waals surface area (Å²) >= 11 is 0. The number of hydrogen-bond acceptors (Lipinski definition) is 0. The van der Waals surface area contributed by atoms with Crippen molar-refractivity contribution in [3.8, 4) is 55.6 Å². The predicted octanol–water partition coefficient (Wildman–Crippen LogP) is 16.5. The lowest BCUT2D eigenvalue weighted by Gasteiger charge is -2.24. The Balaban J connectivity index is 1.21. The molecule has 12 aromatic rings. The van der Waals surface area contributed by atoms with Crippen molar-refractivity contribution in [1.82, 2.24) is 0 Å². The van der Waals surface area contributed by atoms with Crippen molar-refractivity contribution in [3.63, 3.8) is 0 Å². The van der Waals surface area contributed by atoms with Crippen LogP contribution in [0, 0.1) is 0 Å². The molecule has 0 heterocycles.